The van der Waals surface area contributed by atoms with E-state index in [0.717, 1.165) is 5.56 Å². The van der Waals surface area contributed by atoms with Crippen LogP contribution in [0.15, 0.2) is 36.4 Å². The molecule has 0 aliphatic carbocycles. The molecule has 104 valence electrons. The minimum absolute atomic E-state index is 0.120. The molecule has 1 aromatic carbocycles. The topological polar surface area (TPSA) is 42.0 Å². The lowest BCUT2D eigenvalue weighted by atomic mass is 10.0. The number of benzene rings is 1. The summed E-state index contributed by atoms with van der Waals surface area (Å²) in [5.41, 5.74) is 1.97. The van der Waals surface area contributed by atoms with Crippen LogP contribution in [0.3, 0.4) is 0 Å². The summed E-state index contributed by atoms with van der Waals surface area (Å²) in [6.07, 6.45) is 0. The molecule has 1 heterocycles. The molecule has 0 saturated carbocycles. The summed E-state index contributed by atoms with van der Waals surface area (Å²) in [4.78, 5) is 16.1. The number of hydrogen-bond donors (Lipinski definition) is 1. The minimum Gasteiger partial charge on any atom is -0.321 e. The third-order valence-electron chi connectivity index (χ3n) is 2.84. The van der Waals surface area contributed by atoms with Gasteiger partial charge in [0, 0.05) is 5.69 Å². The fourth-order valence-corrected chi connectivity index (χ4v) is 2.08. The number of carbonyl (C=O) groups excluding carboxylic acids is 1. The number of halogens is 2. The van der Waals surface area contributed by atoms with E-state index < -0.39 is 0 Å². The lowest BCUT2D eigenvalue weighted by molar-refractivity contribution is 0.102. The van der Waals surface area contributed by atoms with Crippen LogP contribution in [-0.4, -0.2) is 10.9 Å². The van der Waals surface area contributed by atoms with Gasteiger partial charge in [-0.15, -0.1) is 0 Å². The Morgan fingerprint density at radius 1 is 1.20 bits per heavy atom. The molecule has 0 fully saturated rings. The lowest BCUT2D eigenvalue weighted by Crippen LogP contribution is -2.14. The Morgan fingerprint density at radius 3 is 2.65 bits per heavy atom. The normalized spacial score (nSPS) is 10.7. The number of hydrogen-bond acceptors (Lipinski definition) is 2. The van der Waals surface area contributed by atoms with Gasteiger partial charge < -0.3 is 5.32 Å². The summed E-state index contributed by atoms with van der Waals surface area (Å²) in [7, 11) is 0. The molecule has 5 heteroatoms. The predicted octanol–water partition coefficient (Wildman–Crippen LogP) is 4.76. The zero-order chi connectivity index (χ0) is 14.7. The first-order valence-electron chi connectivity index (χ1n) is 6.20. The second kappa shape index (κ2) is 6.25. The molecular formula is C15H14Cl2N2O. The van der Waals surface area contributed by atoms with E-state index in [1.54, 1.807) is 12.1 Å². The molecule has 0 radical (unpaired) electrons. The van der Waals surface area contributed by atoms with Crippen LogP contribution in [0.5, 0.6) is 0 Å². The maximum atomic E-state index is 12.2. The van der Waals surface area contributed by atoms with Crippen LogP contribution in [0, 0.1) is 0 Å². The van der Waals surface area contributed by atoms with Crippen LogP contribution < -0.4 is 5.32 Å². The first-order valence-corrected chi connectivity index (χ1v) is 6.96. The van der Waals surface area contributed by atoms with E-state index in [2.05, 4.69) is 24.1 Å². The number of carbonyl (C=O) groups is 1. The first-order chi connectivity index (χ1) is 9.47. The number of amides is 1. The van der Waals surface area contributed by atoms with Gasteiger partial charge in [-0.25, -0.2) is 4.98 Å². The molecule has 2 aromatic rings. The van der Waals surface area contributed by atoms with Gasteiger partial charge in [-0.05, 0) is 35.7 Å². The predicted molar refractivity (Wildman–Crippen MR) is 82.7 cm³/mol. The molecule has 0 spiro atoms. The van der Waals surface area contributed by atoms with Crippen molar-refractivity contribution < 1.29 is 4.79 Å². The molecule has 2 rings (SSSR count). The second-order valence-electron chi connectivity index (χ2n) is 4.70. The molecule has 0 bridgehead atoms. The third-order valence-corrected chi connectivity index (χ3v) is 3.35. The van der Waals surface area contributed by atoms with Gasteiger partial charge in [-0.1, -0.05) is 49.2 Å². The largest absolute Gasteiger partial charge is 0.321 e. The second-order valence-corrected chi connectivity index (χ2v) is 5.49. The summed E-state index contributed by atoms with van der Waals surface area (Å²) in [6, 6.07) is 10.8. The number of nitrogens with zero attached hydrogens (tertiary/aromatic N) is 1. The fraction of sp³-hybridized carbons (Fsp3) is 0.200. The Balaban J connectivity index is 2.23. The summed E-state index contributed by atoms with van der Waals surface area (Å²) in [5.74, 6) is 0.0122. The van der Waals surface area contributed by atoms with E-state index >= 15 is 0 Å². The zero-order valence-electron chi connectivity index (χ0n) is 11.2. The SMILES string of the molecule is CC(C)c1cccc(NC(=O)c2nc(Cl)ccc2Cl)c1. The van der Waals surface area contributed by atoms with Crippen LogP contribution in [0.2, 0.25) is 10.2 Å². The Morgan fingerprint density at radius 2 is 1.95 bits per heavy atom. The molecule has 3 nitrogen and oxygen atoms in total. The van der Waals surface area contributed by atoms with Crippen molar-refractivity contribution in [3.63, 3.8) is 0 Å². The van der Waals surface area contributed by atoms with Gasteiger partial charge >= 0.3 is 0 Å². The molecule has 0 aliphatic rings. The molecule has 0 aliphatic heterocycles. The van der Waals surface area contributed by atoms with Crippen molar-refractivity contribution in [3.05, 3.63) is 57.8 Å². The molecule has 1 N–H and O–H groups in total. The van der Waals surface area contributed by atoms with Gasteiger partial charge in [0.1, 0.15) is 10.8 Å². The highest BCUT2D eigenvalue weighted by molar-refractivity contribution is 6.35. The summed E-state index contributed by atoms with van der Waals surface area (Å²) < 4.78 is 0. The van der Waals surface area contributed by atoms with Crippen molar-refractivity contribution in [1.29, 1.82) is 0 Å². The third kappa shape index (κ3) is 3.50. The highest BCUT2D eigenvalue weighted by atomic mass is 35.5. The number of nitrogens with one attached hydrogen (secondary N) is 1. The van der Waals surface area contributed by atoms with E-state index in [1.165, 1.54) is 0 Å². The Hall–Kier alpha value is -1.58. The van der Waals surface area contributed by atoms with Crippen molar-refractivity contribution in [2.24, 2.45) is 0 Å². The van der Waals surface area contributed by atoms with Gasteiger partial charge in [0.05, 0.1) is 5.02 Å². The van der Waals surface area contributed by atoms with Gasteiger partial charge in [-0.2, -0.15) is 0 Å². The Bertz CT molecular complexity index is 642. The van der Waals surface area contributed by atoms with Gasteiger partial charge in [0.15, 0.2) is 0 Å². The van der Waals surface area contributed by atoms with Crippen LogP contribution in [0.25, 0.3) is 0 Å². The number of anilines is 1. The van der Waals surface area contributed by atoms with Gasteiger partial charge in [0.25, 0.3) is 5.91 Å². The molecule has 0 atom stereocenters. The van der Waals surface area contributed by atoms with Crippen molar-refractivity contribution in [3.8, 4) is 0 Å². The van der Waals surface area contributed by atoms with Crippen LogP contribution >= 0.6 is 23.2 Å². The lowest BCUT2D eigenvalue weighted by Gasteiger charge is -2.10. The average Bonchev–Trinajstić information content (AvgIpc) is 2.41. The van der Waals surface area contributed by atoms with Crippen molar-refractivity contribution in [2.75, 3.05) is 5.32 Å². The monoisotopic (exact) mass is 308 g/mol. The van der Waals surface area contributed by atoms with E-state index in [4.69, 9.17) is 23.2 Å². The molecule has 1 amide bonds. The van der Waals surface area contributed by atoms with E-state index in [9.17, 15) is 4.79 Å². The van der Waals surface area contributed by atoms with Gasteiger partial charge in [0.2, 0.25) is 0 Å². The Kier molecular flexibility index (Phi) is 4.63. The van der Waals surface area contributed by atoms with E-state index in [0.29, 0.717) is 11.6 Å². The first kappa shape index (κ1) is 14.8. The molecule has 20 heavy (non-hydrogen) atoms. The van der Waals surface area contributed by atoms with E-state index in [-0.39, 0.29) is 21.8 Å². The summed E-state index contributed by atoms with van der Waals surface area (Å²) in [6.45, 7) is 4.19. The smallest absolute Gasteiger partial charge is 0.275 e. The van der Waals surface area contributed by atoms with Crippen molar-refractivity contribution in [2.45, 2.75) is 19.8 Å². The quantitative estimate of drug-likeness (QED) is 0.830. The molecule has 0 saturated heterocycles. The summed E-state index contributed by atoms with van der Waals surface area (Å²) in [5, 5.41) is 3.28. The van der Waals surface area contributed by atoms with Crippen LogP contribution in [-0.2, 0) is 0 Å². The highest BCUT2D eigenvalue weighted by Crippen LogP contribution is 2.21. The minimum atomic E-state index is -0.376. The van der Waals surface area contributed by atoms with Gasteiger partial charge in [-0.3, -0.25) is 4.79 Å². The van der Waals surface area contributed by atoms with E-state index in [1.807, 2.05) is 24.3 Å². The average molecular weight is 309 g/mol. The Labute approximate surface area is 127 Å². The van der Waals surface area contributed by atoms with Crippen LogP contribution in [0.4, 0.5) is 5.69 Å². The summed E-state index contributed by atoms with van der Waals surface area (Å²) >= 11 is 11.7. The van der Waals surface area contributed by atoms with Crippen LogP contribution in [0.1, 0.15) is 35.8 Å². The maximum absolute atomic E-state index is 12.2. The number of rotatable bonds is 3. The van der Waals surface area contributed by atoms with Crippen molar-refractivity contribution >= 4 is 34.8 Å². The van der Waals surface area contributed by atoms with Crippen molar-refractivity contribution in [1.82, 2.24) is 4.98 Å². The highest BCUT2D eigenvalue weighted by Gasteiger charge is 2.13. The molecule has 0 unspecified atom stereocenters. The molecular weight excluding hydrogens is 295 g/mol. The fourth-order valence-electron chi connectivity index (χ4n) is 1.74. The zero-order valence-corrected chi connectivity index (χ0v) is 12.7. The standard InChI is InChI=1S/C15H14Cl2N2O/c1-9(2)10-4-3-5-11(8-10)18-15(20)14-12(16)6-7-13(17)19-14/h3-9H,1-2H3,(H,18,20). The molecule has 1 aromatic heterocycles. The number of pyridine rings is 1. The maximum Gasteiger partial charge on any atom is 0.275 e. The number of aromatic nitrogens is 1.